The van der Waals surface area contributed by atoms with Gasteiger partial charge in [-0.1, -0.05) is 72.0 Å². The summed E-state index contributed by atoms with van der Waals surface area (Å²) < 4.78 is 8.17. The molecule has 0 unspecified atom stereocenters. The Morgan fingerprint density at radius 3 is 2.74 bits per heavy atom. The first-order valence-corrected chi connectivity index (χ1v) is 11.2. The summed E-state index contributed by atoms with van der Waals surface area (Å²) in [6, 6.07) is 20.5. The molecule has 1 saturated heterocycles. The number of thiocarbonyl (C=S) groups is 1. The number of fused-ring (bicyclic) bond motifs is 1. The van der Waals surface area contributed by atoms with Crippen molar-refractivity contribution < 1.29 is 9.21 Å². The third-order valence-electron chi connectivity index (χ3n) is 5.31. The number of furan rings is 1. The first-order chi connectivity index (χ1) is 15.1. The molecule has 1 aliphatic rings. The van der Waals surface area contributed by atoms with Crippen molar-refractivity contribution in [2.75, 3.05) is 0 Å². The average molecular weight is 445 g/mol. The lowest BCUT2D eigenvalue weighted by Crippen LogP contribution is -2.27. The normalized spacial score (nSPS) is 15.5. The number of thioether (sulfide) groups is 1. The van der Waals surface area contributed by atoms with Crippen LogP contribution in [0, 0.1) is 6.92 Å². The maximum absolute atomic E-state index is 13.0. The Balaban J connectivity index is 1.48. The minimum atomic E-state index is -0.0816. The van der Waals surface area contributed by atoms with Gasteiger partial charge in [0.05, 0.1) is 17.7 Å². The Hall–Kier alpha value is -3.09. The summed E-state index contributed by atoms with van der Waals surface area (Å²) in [5, 5.41) is 1.12. The second-order valence-corrected chi connectivity index (χ2v) is 9.24. The third-order valence-corrected chi connectivity index (χ3v) is 6.69. The van der Waals surface area contributed by atoms with Crippen LogP contribution < -0.4 is 0 Å². The average Bonchev–Trinajstić information content (AvgIpc) is 3.45. The predicted octanol–water partition coefficient (Wildman–Crippen LogP) is 5.99. The van der Waals surface area contributed by atoms with Crippen molar-refractivity contribution in [2.24, 2.45) is 0 Å². The minimum absolute atomic E-state index is 0.0816. The zero-order valence-corrected chi connectivity index (χ0v) is 18.6. The highest BCUT2D eigenvalue weighted by atomic mass is 32.2. The van der Waals surface area contributed by atoms with Crippen LogP contribution in [0.25, 0.3) is 17.0 Å². The SMILES string of the molecule is Cc1cccc(Cn2cc(/C=C3\SC(=S)N(Cc4ccco4)C3=O)c3ccccc32)c1. The minimum Gasteiger partial charge on any atom is -0.467 e. The van der Waals surface area contributed by atoms with E-state index in [9.17, 15) is 4.79 Å². The van der Waals surface area contributed by atoms with Gasteiger partial charge in [-0.25, -0.2) is 0 Å². The Morgan fingerprint density at radius 2 is 1.94 bits per heavy atom. The van der Waals surface area contributed by atoms with Crippen LogP contribution in [0.3, 0.4) is 0 Å². The standard InChI is InChI=1S/C25H20N2O2S2/c1-17-6-4-7-18(12-17)14-26-15-19(21-9-2-3-10-22(21)26)13-23-24(28)27(25(30)31-23)16-20-8-5-11-29-20/h2-13,15H,14,16H2,1H3/b23-13-. The maximum Gasteiger partial charge on any atom is 0.266 e. The van der Waals surface area contributed by atoms with Gasteiger partial charge in [0.2, 0.25) is 0 Å². The van der Waals surface area contributed by atoms with Crippen molar-refractivity contribution in [2.45, 2.75) is 20.0 Å². The summed E-state index contributed by atoms with van der Waals surface area (Å²) in [5.41, 5.74) is 4.65. The quantitative estimate of drug-likeness (QED) is 0.280. The van der Waals surface area contributed by atoms with Gasteiger partial charge >= 0.3 is 0 Å². The van der Waals surface area contributed by atoms with Crippen LogP contribution in [0.15, 0.2) is 82.4 Å². The fourth-order valence-corrected chi connectivity index (χ4v) is 5.11. The van der Waals surface area contributed by atoms with Gasteiger partial charge in [0.15, 0.2) is 0 Å². The van der Waals surface area contributed by atoms with Crippen LogP contribution in [0.4, 0.5) is 0 Å². The van der Waals surface area contributed by atoms with Crippen molar-refractivity contribution in [1.29, 1.82) is 0 Å². The Bertz CT molecular complexity index is 1320. The lowest BCUT2D eigenvalue weighted by Gasteiger charge is -2.11. The molecule has 4 nitrogen and oxygen atoms in total. The molecule has 0 bridgehead atoms. The van der Waals surface area contributed by atoms with Gasteiger partial charge in [-0.15, -0.1) is 0 Å². The molecule has 1 aliphatic heterocycles. The summed E-state index contributed by atoms with van der Waals surface area (Å²) in [6.07, 6.45) is 5.68. The van der Waals surface area contributed by atoms with Gasteiger partial charge in [0.25, 0.3) is 5.91 Å². The van der Waals surface area contributed by atoms with Crippen LogP contribution in [0.2, 0.25) is 0 Å². The molecule has 0 saturated carbocycles. The number of carbonyl (C=O) groups is 1. The highest BCUT2D eigenvalue weighted by Gasteiger charge is 2.32. The van der Waals surface area contributed by atoms with Crippen LogP contribution >= 0.6 is 24.0 Å². The third kappa shape index (κ3) is 3.96. The molecule has 2 aromatic carbocycles. The molecule has 3 heterocycles. The second kappa shape index (κ2) is 8.21. The monoisotopic (exact) mass is 444 g/mol. The van der Waals surface area contributed by atoms with E-state index in [1.165, 1.54) is 22.9 Å². The van der Waals surface area contributed by atoms with E-state index in [0.717, 1.165) is 23.0 Å². The number of benzene rings is 2. The number of aryl methyl sites for hydroxylation is 1. The number of hydrogen-bond donors (Lipinski definition) is 0. The first-order valence-electron chi connectivity index (χ1n) is 9.99. The summed E-state index contributed by atoms with van der Waals surface area (Å²) in [6.45, 7) is 3.23. The molecule has 0 spiro atoms. The van der Waals surface area contributed by atoms with E-state index in [2.05, 4.69) is 54.1 Å². The van der Waals surface area contributed by atoms with Crippen molar-refractivity contribution in [3.63, 3.8) is 0 Å². The maximum atomic E-state index is 13.0. The van der Waals surface area contributed by atoms with Gasteiger partial charge in [-0.2, -0.15) is 0 Å². The summed E-state index contributed by atoms with van der Waals surface area (Å²) in [5.74, 6) is 0.634. The Kier molecular flexibility index (Phi) is 5.26. The summed E-state index contributed by atoms with van der Waals surface area (Å²) in [4.78, 5) is 15.2. The van der Waals surface area contributed by atoms with E-state index in [1.807, 2.05) is 30.3 Å². The number of aromatic nitrogens is 1. The van der Waals surface area contributed by atoms with Gasteiger partial charge < -0.3 is 8.98 Å². The van der Waals surface area contributed by atoms with Crippen molar-refractivity contribution >= 4 is 51.2 Å². The molecule has 5 rings (SSSR count). The molecule has 0 N–H and O–H groups in total. The van der Waals surface area contributed by atoms with E-state index in [0.29, 0.717) is 21.5 Å². The first kappa shape index (κ1) is 19.8. The molecule has 4 aromatic rings. The smallest absolute Gasteiger partial charge is 0.266 e. The number of amides is 1. The highest BCUT2D eigenvalue weighted by Crippen LogP contribution is 2.35. The molecule has 0 aliphatic carbocycles. The highest BCUT2D eigenvalue weighted by molar-refractivity contribution is 8.26. The Morgan fingerprint density at radius 1 is 1.06 bits per heavy atom. The zero-order chi connectivity index (χ0) is 21.4. The van der Waals surface area contributed by atoms with Gasteiger partial charge in [-0.05, 0) is 36.8 Å². The largest absolute Gasteiger partial charge is 0.467 e. The number of para-hydroxylation sites is 1. The Labute approximate surface area is 190 Å². The van der Waals surface area contributed by atoms with Crippen molar-refractivity contribution in [1.82, 2.24) is 9.47 Å². The summed E-state index contributed by atoms with van der Waals surface area (Å²) in [7, 11) is 0. The van der Waals surface area contributed by atoms with Gasteiger partial charge in [-0.3, -0.25) is 9.69 Å². The van der Waals surface area contributed by atoms with Gasteiger partial charge in [0.1, 0.15) is 10.1 Å². The molecule has 0 radical (unpaired) electrons. The predicted molar refractivity (Wildman–Crippen MR) is 130 cm³/mol. The van der Waals surface area contributed by atoms with E-state index < -0.39 is 0 Å². The van der Waals surface area contributed by atoms with E-state index in [1.54, 1.807) is 11.2 Å². The number of hydrogen-bond acceptors (Lipinski definition) is 4. The molecular weight excluding hydrogens is 424 g/mol. The fourth-order valence-electron chi connectivity index (χ4n) is 3.86. The van der Waals surface area contributed by atoms with Crippen LogP contribution in [-0.4, -0.2) is 19.7 Å². The van der Waals surface area contributed by atoms with Crippen LogP contribution in [0.5, 0.6) is 0 Å². The van der Waals surface area contributed by atoms with Crippen LogP contribution in [0.1, 0.15) is 22.5 Å². The molecule has 0 atom stereocenters. The molecule has 1 amide bonds. The van der Waals surface area contributed by atoms with Crippen LogP contribution in [-0.2, 0) is 17.9 Å². The fraction of sp³-hybridized carbons (Fsp3) is 0.120. The summed E-state index contributed by atoms with van der Waals surface area (Å²) >= 11 is 6.80. The number of rotatable bonds is 5. The van der Waals surface area contributed by atoms with E-state index in [4.69, 9.17) is 16.6 Å². The molecule has 1 fully saturated rings. The topological polar surface area (TPSA) is 38.4 Å². The van der Waals surface area contributed by atoms with Crippen molar-refractivity contribution in [3.8, 4) is 0 Å². The van der Waals surface area contributed by atoms with E-state index >= 15 is 0 Å². The lowest BCUT2D eigenvalue weighted by atomic mass is 10.1. The molecule has 154 valence electrons. The zero-order valence-electron chi connectivity index (χ0n) is 16.9. The molecule has 2 aromatic heterocycles. The van der Waals surface area contributed by atoms with E-state index in [-0.39, 0.29) is 5.91 Å². The lowest BCUT2D eigenvalue weighted by molar-refractivity contribution is -0.122. The van der Waals surface area contributed by atoms with Crippen molar-refractivity contribution in [3.05, 3.63) is 100 Å². The second-order valence-electron chi connectivity index (χ2n) is 7.57. The molecular formula is C25H20N2O2S2. The number of carbonyl (C=O) groups excluding carboxylic acids is 1. The van der Waals surface area contributed by atoms with Gasteiger partial charge in [0, 0.05) is 29.2 Å². The number of nitrogens with zero attached hydrogens (tertiary/aromatic N) is 2. The molecule has 6 heteroatoms. The molecule has 31 heavy (non-hydrogen) atoms.